The molecule has 0 aliphatic carbocycles. The molecule has 4 fully saturated rings. The lowest BCUT2D eigenvalue weighted by Crippen LogP contribution is -2.51. The first-order valence-corrected chi connectivity index (χ1v) is 38.6. The van der Waals surface area contributed by atoms with E-state index in [2.05, 4.69) is 0 Å². The first kappa shape index (κ1) is 44.1. The fourth-order valence-corrected chi connectivity index (χ4v) is 13.0. The van der Waals surface area contributed by atoms with Gasteiger partial charge in [0.15, 0.2) is 46.0 Å². The summed E-state index contributed by atoms with van der Waals surface area (Å²) in [6, 6.07) is -13.3. The van der Waals surface area contributed by atoms with Crippen LogP contribution in [0, 0.1) is 70.8 Å². The molecule has 8 aliphatic heterocycles. The molecule has 8 aliphatic rings. The molecule has 16 unspecified atom stereocenters. The zero-order valence-electron chi connectivity index (χ0n) is 129. The highest BCUT2D eigenvalue weighted by Crippen LogP contribution is 2.50. The molecule has 120 heavy (non-hydrogen) atoms. The Balaban J connectivity index is 0.000000259. The molecule has 0 aromatic heterocycles. The Bertz CT molecular complexity index is 6850. The van der Waals surface area contributed by atoms with Gasteiger partial charge in [-0.3, -0.25) is 38.8 Å². The molecule has 24 nitrogen and oxygen atoms in total. The molecule has 0 radical (unpaired) electrons. The van der Waals surface area contributed by atoms with Gasteiger partial charge in [0.05, 0.1) is 75.9 Å². The number of hydrogen-bond acceptors (Lipinski definition) is 24. The van der Waals surface area contributed by atoms with Gasteiger partial charge >= 0.3 is 23.9 Å². The Hall–Kier alpha value is -7.16. The SMILES string of the molecule is [2H]C([2H])([2H])C([2H])(C)C([2H])([2H])C1([2H])C([2H])([2H])N2CCc3cc(OC)c(OC)cc3C2([2H])C([2H])([2H])C1([2H])OC(=O)[C@@H](N)C(C)C.[2H]C([2H])([2H])Oc1cc2c(cc1OC)C1([2H])N(CC2)C([2H])([2H])C([2H])(C([2H])([2H])C([2H])(C)C([2H])([2H])[2H])C([2H])(OC(=O)[C@@H](N)C(C)C)C1([2H])[2H].[2H]c1c2c(c([2H])c(OC)c1OC([2H])([2H])[2H])C1N(CC2)C([2H])([2H])C([2H])(C([2H])([2H])C([2H])(C)C([2H])([2H])[2H])C(OC(=O)[C@@H](N)C(C)C)C1([2H])[2H].[2H]c1c2c(c([2H])c(OC)c1OC)C1N(CC2)C([2H])([2H])C([2H])(C([2H])([2H])C([2H])(C)C([2H])([2H])[2H])C(OC(=O)[C@@H](N)C(C)C)C1([2H])[2H]. The third-order valence-corrected chi connectivity index (χ3v) is 19.7. The van der Waals surface area contributed by atoms with E-state index in [-0.39, 0.29) is 99.6 Å². The monoisotopic (exact) mass is 1730 g/mol. The predicted molar refractivity (Wildman–Crippen MR) is 471 cm³/mol. The molecular formula is C96H152N8O16. The smallest absolute Gasteiger partial charge is 0.323 e. The highest BCUT2D eigenvalue weighted by Gasteiger charge is 2.47. The van der Waals surface area contributed by atoms with Crippen molar-refractivity contribution >= 4 is 23.9 Å². The zero-order chi connectivity index (χ0) is 139. The summed E-state index contributed by atoms with van der Waals surface area (Å²) in [6.45, 7) is -15.9. The molecule has 8 heterocycles. The minimum absolute atomic E-state index is 0.0136. The van der Waals surface area contributed by atoms with Crippen LogP contribution >= 0.6 is 0 Å². The van der Waals surface area contributed by atoms with Crippen LogP contribution < -0.4 is 60.8 Å². The van der Waals surface area contributed by atoms with Crippen molar-refractivity contribution in [2.75, 3.05) is 109 Å². The van der Waals surface area contributed by atoms with Gasteiger partial charge in [0, 0.05) is 186 Å². The molecule has 0 spiro atoms. The van der Waals surface area contributed by atoms with Gasteiger partial charge in [-0.15, -0.1) is 0 Å². The molecule has 4 saturated heterocycles. The third-order valence-electron chi connectivity index (χ3n) is 19.7. The van der Waals surface area contributed by atoms with E-state index in [1.54, 1.807) is 13.8 Å². The number of carbonyl (C=O) groups excluding carboxylic acids is 4. The van der Waals surface area contributed by atoms with Crippen molar-refractivity contribution in [2.45, 2.75) is 260 Å². The highest BCUT2D eigenvalue weighted by atomic mass is 16.6. The minimum Gasteiger partial charge on any atom is -0.493 e. The Labute approximate surface area is 800 Å². The number of nitrogens with zero attached hydrogens (tertiary/aromatic N) is 4. The lowest BCUT2D eigenvalue weighted by atomic mass is 9.79. The molecule has 0 saturated carbocycles. The topological polar surface area (TPSA) is 296 Å². The number of fused-ring (bicyclic) bond motifs is 12. The van der Waals surface area contributed by atoms with E-state index in [4.69, 9.17) is 126 Å². The van der Waals surface area contributed by atoms with Crippen LogP contribution in [0.25, 0.3) is 0 Å². The van der Waals surface area contributed by atoms with E-state index in [1.165, 1.54) is 82.1 Å². The van der Waals surface area contributed by atoms with Gasteiger partial charge in [-0.05, 0) is 191 Å². The van der Waals surface area contributed by atoms with Crippen LogP contribution in [0.2, 0.25) is 0 Å². The maximum absolute atomic E-state index is 13.3. The van der Waals surface area contributed by atoms with Gasteiger partial charge in [-0.2, -0.15) is 0 Å². The number of nitrogens with two attached hydrogens (primary N) is 4. The Morgan fingerprint density at radius 2 is 0.675 bits per heavy atom. The number of hydrogen-bond donors (Lipinski definition) is 4. The summed E-state index contributed by atoms with van der Waals surface area (Å²) in [5, 5.41) is 0. The van der Waals surface area contributed by atoms with Crippen LogP contribution in [-0.4, -0.2) is 201 Å². The average molecular weight is 1730 g/mol. The summed E-state index contributed by atoms with van der Waals surface area (Å²) in [4.78, 5) is 55.5. The highest BCUT2D eigenvalue weighted by molar-refractivity contribution is 5.77. The maximum atomic E-state index is 13.3. The number of methoxy groups -OCH3 is 8. The quantitative estimate of drug-likeness (QED) is 0.0303. The van der Waals surface area contributed by atoms with Gasteiger partial charge in [0.25, 0.3) is 0 Å². The molecule has 24 heteroatoms. The molecule has 0 bridgehead atoms. The number of carbonyl (C=O) groups is 4. The summed E-state index contributed by atoms with van der Waals surface area (Å²) < 4.78 is 566. The largest absolute Gasteiger partial charge is 0.493 e. The van der Waals surface area contributed by atoms with E-state index in [9.17, 15) is 52.1 Å². The summed E-state index contributed by atoms with van der Waals surface area (Å²) >= 11 is 0. The standard InChI is InChI=1S/4C24H38N2O4/c4*1-14(2)9-17-13-26-8-7-16-10-21(28-5)22(29-6)11-18(16)19(26)12-20(17)30-24(27)23(25)15(3)4/h4*10-11,14-15,17,19-20,23H,7-9,12-13,25H2,1-6H3/t4*17?,19?,20?,23-/m0000/s1/i1D3,5D3,9D2,12D2,13D2,14D,17D,19D,20D;1D3,5D3,9D2,10D,11D,12D2,13D2,14D,17D;1D3,9D2,12D2,13D2,14D,17D,19D,20D;1D3,9D2,10D,11D,12D2,13D2,14D,17D/t4*14?,17?,19?,20?,23-. The van der Waals surface area contributed by atoms with Gasteiger partial charge in [0.2, 0.25) is 0 Å². The summed E-state index contributed by atoms with van der Waals surface area (Å²) in [5.74, 6) is -39.0. The number of rotatable bonds is 28. The Kier molecular flexibility index (Phi) is 16.2. The lowest BCUT2D eigenvalue weighted by Gasteiger charge is -2.47. The average Bonchev–Trinajstić information content (AvgIpc) is 0.638. The predicted octanol–water partition coefficient (Wildman–Crippen LogP) is 14.3. The summed E-state index contributed by atoms with van der Waals surface area (Å²) in [5.41, 5.74) is 22.7. The molecule has 20 atom stereocenters. The second kappa shape index (κ2) is 43.9. The van der Waals surface area contributed by atoms with Crippen LogP contribution in [0.3, 0.4) is 0 Å². The van der Waals surface area contributed by atoms with E-state index in [0.717, 1.165) is 31.3 Å². The zero-order valence-corrected chi connectivity index (χ0v) is 70.5. The van der Waals surface area contributed by atoms with Gasteiger partial charge in [0.1, 0.15) is 48.5 Å². The van der Waals surface area contributed by atoms with E-state index in [1.807, 2.05) is 0 Å². The normalized spacial score (nSPS) is 43.3. The van der Waals surface area contributed by atoms with Crippen molar-refractivity contribution in [3.8, 4) is 46.0 Å². The van der Waals surface area contributed by atoms with E-state index < -0.39 is 353 Å². The van der Waals surface area contributed by atoms with Gasteiger partial charge in [-0.1, -0.05) is 110 Å². The number of esters is 4. The van der Waals surface area contributed by atoms with Crippen molar-refractivity contribution < 1.29 is 156 Å². The van der Waals surface area contributed by atoms with Crippen molar-refractivity contribution in [2.24, 2.45) is 93.8 Å². The second-order valence-corrected chi connectivity index (χ2v) is 30.0. The minimum atomic E-state index is -4.11. The van der Waals surface area contributed by atoms with Crippen LogP contribution in [0.5, 0.6) is 46.0 Å². The first-order valence-electron chi connectivity index (χ1n) is 67.6. The summed E-state index contributed by atoms with van der Waals surface area (Å²) in [7, 11) is 1.17. The van der Waals surface area contributed by atoms with Crippen LogP contribution in [0.1, 0.15) is 310 Å². The molecule has 12 rings (SSSR count). The van der Waals surface area contributed by atoms with Crippen molar-refractivity contribution in [1.29, 1.82) is 0 Å². The van der Waals surface area contributed by atoms with Crippen LogP contribution in [0.4, 0.5) is 0 Å². The Morgan fingerprint density at radius 3 is 1.01 bits per heavy atom. The summed E-state index contributed by atoms with van der Waals surface area (Å²) in [6.07, 6.45) is -43.7. The van der Waals surface area contributed by atoms with Crippen molar-refractivity contribution in [1.82, 2.24) is 19.6 Å². The number of ether oxygens (including phenoxy) is 12. The number of benzene rings is 4. The Morgan fingerprint density at radius 1 is 0.392 bits per heavy atom. The third kappa shape index (κ3) is 23.8. The fourth-order valence-electron chi connectivity index (χ4n) is 13.0. The van der Waals surface area contributed by atoms with Crippen molar-refractivity contribution in [3.05, 3.63) is 92.9 Å². The maximum Gasteiger partial charge on any atom is 0.323 e. The fraction of sp³-hybridized carbons (Fsp3) is 0.708. The van der Waals surface area contributed by atoms with Crippen LogP contribution in [-0.2, 0) is 63.8 Å². The van der Waals surface area contributed by atoms with Gasteiger partial charge < -0.3 is 79.8 Å². The lowest BCUT2D eigenvalue weighted by molar-refractivity contribution is -0.161. The van der Waals surface area contributed by atoms with Crippen molar-refractivity contribution in [3.63, 3.8) is 0 Å². The van der Waals surface area contributed by atoms with E-state index in [0.29, 0.717) is 42.4 Å². The van der Waals surface area contributed by atoms with Crippen LogP contribution in [0.15, 0.2) is 48.4 Å². The number of piperidine rings is 4. The molecular weight excluding hydrogens is 1520 g/mol. The molecule has 0 amide bonds. The molecule has 672 valence electrons. The second-order valence-electron chi connectivity index (χ2n) is 30.0. The molecule has 4 aromatic rings. The molecule has 8 N–H and O–H groups in total. The molecule has 4 aromatic carbocycles. The van der Waals surface area contributed by atoms with E-state index >= 15 is 0 Å². The first-order chi connectivity index (χ1) is 79.3. The van der Waals surface area contributed by atoms with Gasteiger partial charge in [-0.25, -0.2) is 0 Å².